The molecule has 0 aromatic carbocycles. The van der Waals surface area contributed by atoms with E-state index in [9.17, 15) is 0 Å². The first-order chi connectivity index (χ1) is 5.04. The molecule has 0 aliphatic carbocycles. The van der Waals surface area contributed by atoms with Crippen LogP contribution in [0.15, 0.2) is 0 Å². The summed E-state index contributed by atoms with van der Waals surface area (Å²) in [7, 11) is 0. The average Bonchev–Trinajstić information content (AvgIpc) is 2.32. The predicted octanol–water partition coefficient (Wildman–Crippen LogP) is 0.226. The van der Waals surface area contributed by atoms with Crippen LogP contribution in [0, 0.1) is 5.41 Å². The first kappa shape index (κ1) is 8.97. The van der Waals surface area contributed by atoms with Crippen molar-refractivity contribution in [2.75, 3.05) is 6.54 Å². The zero-order chi connectivity index (χ0) is 8.48. The van der Waals surface area contributed by atoms with E-state index in [4.69, 9.17) is 5.73 Å². The van der Waals surface area contributed by atoms with Crippen LogP contribution in [-0.2, 0) is 0 Å². The summed E-state index contributed by atoms with van der Waals surface area (Å²) >= 11 is 0. The van der Waals surface area contributed by atoms with Gasteiger partial charge in [0.15, 0.2) is 0 Å². The summed E-state index contributed by atoms with van der Waals surface area (Å²) in [5, 5.41) is 0. The van der Waals surface area contributed by atoms with Gasteiger partial charge in [0.05, 0.1) is 0 Å². The predicted molar refractivity (Wildman–Crippen MR) is 47.0 cm³/mol. The molecule has 11 heavy (non-hydrogen) atoms. The molecule has 0 saturated carbocycles. The van der Waals surface area contributed by atoms with Gasteiger partial charge in [0, 0.05) is 18.6 Å². The number of hydrazine groups is 1. The van der Waals surface area contributed by atoms with Crippen molar-refractivity contribution in [3.05, 3.63) is 0 Å². The molecule has 1 aliphatic heterocycles. The molecule has 0 amide bonds. The Morgan fingerprint density at radius 1 is 1.36 bits per heavy atom. The van der Waals surface area contributed by atoms with E-state index in [0.717, 1.165) is 13.0 Å². The standard InChI is InChI=1S/C8H19N3/c1-8(2,3)7-4-6(5-9)10-11-7/h6-7,10-11H,4-5,9H2,1-3H3. The van der Waals surface area contributed by atoms with E-state index in [1.54, 1.807) is 0 Å². The van der Waals surface area contributed by atoms with Crippen LogP contribution in [-0.4, -0.2) is 18.6 Å². The van der Waals surface area contributed by atoms with Crippen molar-refractivity contribution in [2.45, 2.75) is 39.3 Å². The number of hydrogen-bond donors (Lipinski definition) is 3. The van der Waals surface area contributed by atoms with Crippen LogP contribution >= 0.6 is 0 Å². The zero-order valence-electron chi connectivity index (χ0n) is 7.65. The highest BCUT2D eigenvalue weighted by Crippen LogP contribution is 2.24. The largest absolute Gasteiger partial charge is 0.329 e. The van der Waals surface area contributed by atoms with E-state index < -0.39 is 0 Å². The molecule has 1 saturated heterocycles. The van der Waals surface area contributed by atoms with Crippen molar-refractivity contribution >= 4 is 0 Å². The fourth-order valence-electron chi connectivity index (χ4n) is 1.35. The minimum absolute atomic E-state index is 0.330. The lowest BCUT2D eigenvalue weighted by Crippen LogP contribution is -2.40. The molecule has 0 aromatic rings. The van der Waals surface area contributed by atoms with Gasteiger partial charge in [-0.2, -0.15) is 0 Å². The van der Waals surface area contributed by atoms with E-state index in [1.165, 1.54) is 0 Å². The number of rotatable bonds is 1. The molecular weight excluding hydrogens is 138 g/mol. The maximum atomic E-state index is 5.54. The topological polar surface area (TPSA) is 50.1 Å². The Balaban J connectivity index is 2.42. The second kappa shape index (κ2) is 3.09. The number of nitrogens with two attached hydrogens (primary N) is 1. The van der Waals surface area contributed by atoms with Gasteiger partial charge in [0.1, 0.15) is 0 Å². The highest BCUT2D eigenvalue weighted by atomic mass is 15.4. The van der Waals surface area contributed by atoms with Gasteiger partial charge in [-0.3, -0.25) is 10.9 Å². The minimum Gasteiger partial charge on any atom is -0.329 e. The lowest BCUT2D eigenvalue weighted by atomic mass is 9.85. The van der Waals surface area contributed by atoms with Crippen molar-refractivity contribution in [1.29, 1.82) is 0 Å². The SMILES string of the molecule is CC(C)(C)C1CC(CN)NN1. The Bertz CT molecular complexity index is 128. The summed E-state index contributed by atoms with van der Waals surface area (Å²) < 4.78 is 0. The molecule has 0 radical (unpaired) electrons. The van der Waals surface area contributed by atoms with E-state index in [-0.39, 0.29) is 0 Å². The van der Waals surface area contributed by atoms with Crippen LogP contribution in [0.3, 0.4) is 0 Å². The van der Waals surface area contributed by atoms with Gasteiger partial charge in [0.25, 0.3) is 0 Å². The number of hydrogen-bond acceptors (Lipinski definition) is 3. The molecule has 2 unspecified atom stereocenters. The highest BCUT2D eigenvalue weighted by molar-refractivity contribution is 4.89. The molecule has 0 aromatic heterocycles. The molecule has 1 heterocycles. The van der Waals surface area contributed by atoms with Gasteiger partial charge >= 0.3 is 0 Å². The van der Waals surface area contributed by atoms with Crippen LogP contribution in [0.1, 0.15) is 27.2 Å². The van der Waals surface area contributed by atoms with Crippen LogP contribution < -0.4 is 16.6 Å². The summed E-state index contributed by atoms with van der Waals surface area (Å²) in [6, 6.07) is 1.01. The van der Waals surface area contributed by atoms with Crippen LogP contribution in [0.4, 0.5) is 0 Å². The van der Waals surface area contributed by atoms with Crippen LogP contribution in [0.5, 0.6) is 0 Å². The van der Waals surface area contributed by atoms with Crippen LogP contribution in [0.25, 0.3) is 0 Å². The van der Waals surface area contributed by atoms with Gasteiger partial charge in [-0.05, 0) is 11.8 Å². The van der Waals surface area contributed by atoms with Gasteiger partial charge in [-0.1, -0.05) is 20.8 Å². The molecule has 2 atom stereocenters. The van der Waals surface area contributed by atoms with E-state index in [1.807, 2.05) is 0 Å². The molecule has 0 bridgehead atoms. The number of nitrogens with one attached hydrogen (secondary N) is 2. The van der Waals surface area contributed by atoms with Crippen molar-refractivity contribution in [1.82, 2.24) is 10.9 Å². The fraction of sp³-hybridized carbons (Fsp3) is 1.00. The zero-order valence-corrected chi connectivity index (χ0v) is 7.65. The van der Waals surface area contributed by atoms with Gasteiger partial charge in [0.2, 0.25) is 0 Å². The Kier molecular flexibility index (Phi) is 2.52. The Hall–Kier alpha value is -0.120. The third kappa shape index (κ3) is 2.15. The molecular formula is C8H19N3. The maximum absolute atomic E-state index is 5.54. The Morgan fingerprint density at radius 2 is 2.00 bits per heavy atom. The highest BCUT2D eigenvalue weighted by Gasteiger charge is 2.31. The van der Waals surface area contributed by atoms with Crippen molar-refractivity contribution in [3.8, 4) is 0 Å². The molecule has 66 valence electrons. The van der Waals surface area contributed by atoms with Crippen molar-refractivity contribution in [3.63, 3.8) is 0 Å². The third-order valence-corrected chi connectivity index (χ3v) is 2.31. The van der Waals surface area contributed by atoms with Crippen LogP contribution in [0.2, 0.25) is 0 Å². The minimum atomic E-state index is 0.330. The maximum Gasteiger partial charge on any atom is 0.0351 e. The molecule has 1 fully saturated rings. The molecule has 3 heteroatoms. The van der Waals surface area contributed by atoms with E-state index in [2.05, 4.69) is 31.6 Å². The summed E-state index contributed by atoms with van der Waals surface area (Å²) in [6.45, 7) is 7.45. The monoisotopic (exact) mass is 157 g/mol. The van der Waals surface area contributed by atoms with Gasteiger partial charge in [-0.15, -0.1) is 0 Å². The third-order valence-electron chi connectivity index (χ3n) is 2.31. The van der Waals surface area contributed by atoms with E-state index in [0.29, 0.717) is 17.5 Å². The summed E-state index contributed by atoms with van der Waals surface area (Å²) in [4.78, 5) is 0. The normalized spacial score (nSPS) is 32.7. The quantitative estimate of drug-likeness (QED) is 0.510. The Morgan fingerprint density at radius 3 is 2.27 bits per heavy atom. The second-order valence-corrected chi connectivity index (χ2v) is 4.38. The first-order valence-electron chi connectivity index (χ1n) is 4.25. The average molecular weight is 157 g/mol. The summed E-state index contributed by atoms with van der Waals surface area (Å²) in [5.74, 6) is 0. The molecule has 1 rings (SSSR count). The van der Waals surface area contributed by atoms with E-state index >= 15 is 0 Å². The molecule has 3 nitrogen and oxygen atoms in total. The molecule has 1 aliphatic rings. The summed E-state index contributed by atoms with van der Waals surface area (Å²) in [6.07, 6.45) is 1.14. The smallest absolute Gasteiger partial charge is 0.0351 e. The second-order valence-electron chi connectivity index (χ2n) is 4.38. The van der Waals surface area contributed by atoms with Gasteiger partial charge in [-0.25, -0.2) is 0 Å². The van der Waals surface area contributed by atoms with Crippen molar-refractivity contribution < 1.29 is 0 Å². The Labute approximate surface area is 68.7 Å². The molecule has 0 spiro atoms. The molecule has 4 N–H and O–H groups in total. The first-order valence-corrected chi connectivity index (χ1v) is 4.25. The summed E-state index contributed by atoms with van der Waals surface area (Å²) in [5.41, 5.74) is 12.3. The lowest BCUT2D eigenvalue weighted by Gasteiger charge is -2.25. The van der Waals surface area contributed by atoms with Gasteiger partial charge < -0.3 is 5.73 Å². The van der Waals surface area contributed by atoms with Crippen molar-refractivity contribution in [2.24, 2.45) is 11.1 Å². The lowest BCUT2D eigenvalue weighted by molar-refractivity contribution is 0.286. The fourth-order valence-corrected chi connectivity index (χ4v) is 1.35.